The third kappa shape index (κ3) is 7.92. The zero-order valence-corrected chi connectivity index (χ0v) is 18.1. The van der Waals surface area contributed by atoms with Gasteiger partial charge in [0.1, 0.15) is 0 Å². The molecular weight excluding hydrogens is 362 g/mol. The van der Waals surface area contributed by atoms with Crippen molar-refractivity contribution in [2.75, 3.05) is 31.8 Å². The highest BCUT2D eigenvalue weighted by atomic mass is 32.2. The van der Waals surface area contributed by atoms with E-state index in [1.54, 1.807) is 0 Å². The van der Waals surface area contributed by atoms with Crippen LogP contribution in [-0.4, -0.2) is 60.2 Å². The van der Waals surface area contributed by atoms with Crippen molar-refractivity contribution in [3.63, 3.8) is 0 Å². The van der Waals surface area contributed by atoms with E-state index in [1.807, 2.05) is 11.8 Å². The number of rotatable bonds is 15. The normalized spacial score (nSPS) is 26.6. The average Bonchev–Trinajstić information content (AvgIpc) is 3.25. The molecule has 27 heavy (non-hydrogen) atoms. The molecule has 5 nitrogen and oxygen atoms in total. The van der Waals surface area contributed by atoms with Gasteiger partial charge in [-0.05, 0) is 61.9 Å². The Morgan fingerprint density at radius 2 is 1.89 bits per heavy atom. The standard InChI is InChI=1S/C21H39NO4S/c1-3-4-5-7-13-25-14-12-17-18(20-11-10-19(17)26-20)16-27-15-8-6-9-21(23)22(2)24/h17-20,24H,3-16H2,1-2H3/t17-,18+,19-,20+/m0/s1. The van der Waals surface area contributed by atoms with Gasteiger partial charge in [-0.25, -0.2) is 5.06 Å². The van der Waals surface area contributed by atoms with Crippen LogP contribution >= 0.6 is 11.8 Å². The number of hydrogen-bond acceptors (Lipinski definition) is 5. The Hall–Kier alpha value is -0.300. The van der Waals surface area contributed by atoms with Crippen LogP contribution in [0.25, 0.3) is 0 Å². The Morgan fingerprint density at radius 3 is 2.63 bits per heavy atom. The van der Waals surface area contributed by atoms with E-state index in [0.717, 1.165) is 44.0 Å². The fourth-order valence-corrected chi connectivity index (χ4v) is 5.62. The van der Waals surface area contributed by atoms with Crippen LogP contribution in [0.2, 0.25) is 0 Å². The first-order valence-corrected chi connectivity index (χ1v) is 12.0. The minimum atomic E-state index is -0.198. The number of fused-ring (bicyclic) bond motifs is 2. The molecule has 1 amide bonds. The fourth-order valence-electron chi connectivity index (χ4n) is 4.32. The average molecular weight is 402 g/mol. The summed E-state index contributed by atoms with van der Waals surface area (Å²) in [5.74, 6) is 3.38. The number of unbranched alkanes of at least 4 members (excludes halogenated alkanes) is 4. The lowest BCUT2D eigenvalue weighted by Crippen LogP contribution is -2.30. The summed E-state index contributed by atoms with van der Waals surface area (Å²) in [4.78, 5) is 11.4. The van der Waals surface area contributed by atoms with Gasteiger partial charge in [-0.3, -0.25) is 10.0 Å². The maximum absolute atomic E-state index is 11.4. The summed E-state index contributed by atoms with van der Waals surface area (Å²) in [6, 6.07) is 0. The van der Waals surface area contributed by atoms with Gasteiger partial charge in [0.05, 0.1) is 12.2 Å². The highest BCUT2D eigenvalue weighted by Crippen LogP contribution is 2.46. The molecule has 2 bridgehead atoms. The number of thioether (sulfide) groups is 1. The zero-order chi connectivity index (χ0) is 19.5. The molecule has 0 aromatic rings. The van der Waals surface area contributed by atoms with Gasteiger partial charge < -0.3 is 9.47 Å². The van der Waals surface area contributed by atoms with Crippen LogP contribution in [0, 0.1) is 11.8 Å². The SMILES string of the molecule is CCCCCCOCC[C@H]1[C@@H](CSCCCCC(=O)N(C)O)[C@H]2CC[C@@H]1O2. The van der Waals surface area contributed by atoms with Gasteiger partial charge in [-0.1, -0.05) is 26.2 Å². The summed E-state index contributed by atoms with van der Waals surface area (Å²) < 4.78 is 12.1. The molecule has 0 radical (unpaired) electrons. The molecule has 0 saturated carbocycles. The summed E-state index contributed by atoms with van der Waals surface area (Å²) in [7, 11) is 1.39. The van der Waals surface area contributed by atoms with E-state index in [1.165, 1.54) is 45.6 Å². The van der Waals surface area contributed by atoms with Crippen molar-refractivity contribution < 1.29 is 19.5 Å². The Balaban J connectivity index is 1.56. The Labute approximate surface area is 169 Å². The molecule has 2 rings (SSSR count). The molecule has 2 heterocycles. The van der Waals surface area contributed by atoms with Gasteiger partial charge in [0.25, 0.3) is 0 Å². The number of carbonyl (C=O) groups is 1. The number of hydrogen-bond donors (Lipinski definition) is 1. The van der Waals surface area contributed by atoms with E-state index in [9.17, 15) is 4.79 Å². The molecule has 2 aliphatic heterocycles. The third-order valence-corrected chi connectivity index (χ3v) is 7.13. The van der Waals surface area contributed by atoms with Crippen molar-refractivity contribution >= 4 is 17.7 Å². The summed E-state index contributed by atoms with van der Waals surface area (Å²) in [5, 5.41) is 9.74. The van der Waals surface area contributed by atoms with Crippen LogP contribution in [0.15, 0.2) is 0 Å². The number of carbonyl (C=O) groups excluding carboxylic acids is 1. The van der Waals surface area contributed by atoms with Gasteiger partial charge in [-0.2, -0.15) is 11.8 Å². The van der Waals surface area contributed by atoms with E-state index in [0.29, 0.717) is 35.5 Å². The number of amides is 1. The van der Waals surface area contributed by atoms with Gasteiger partial charge >= 0.3 is 0 Å². The van der Waals surface area contributed by atoms with Crippen LogP contribution in [0.5, 0.6) is 0 Å². The summed E-state index contributed by atoms with van der Waals surface area (Å²) in [6.07, 6.45) is 11.9. The molecule has 1 N–H and O–H groups in total. The van der Waals surface area contributed by atoms with E-state index in [-0.39, 0.29) is 5.91 Å². The molecule has 6 heteroatoms. The lowest BCUT2D eigenvalue weighted by atomic mass is 9.79. The Bertz CT molecular complexity index is 421. The van der Waals surface area contributed by atoms with Crippen molar-refractivity contribution in [1.82, 2.24) is 5.06 Å². The molecule has 4 atom stereocenters. The minimum Gasteiger partial charge on any atom is -0.381 e. The predicted octanol–water partition coefficient (Wildman–Crippen LogP) is 4.52. The first kappa shape index (κ1) is 23.0. The predicted molar refractivity (Wildman–Crippen MR) is 110 cm³/mol. The lowest BCUT2D eigenvalue weighted by molar-refractivity contribution is -0.159. The smallest absolute Gasteiger partial charge is 0.245 e. The van der Waals surface area contributed by atoms with Crippen molar-refractivity contribution in [3.05, 3.63) is 0 Å². The zero-order valence-electron chi connectivity index (χ0n) is 17.2. The molecule has 0 unspecified atom stereocenters. The maximum atomic E-state index is 11.4. The molecule has 0 spiro atoms. The first-order chi connectivity index (χ1) is 13.1. The second-order valence-electron chi connectivity index (χ2n) is 8.03. The lowest BCUT2D eigenvalue weighted by Gasteiger charge is -2.27. The Morgan fingerprint density at radius 1 is 1.11 bits per heavy atom. The first-order valence-electron chi connectivity index (χ1n) is 10.9. The highest BCUT2D eigenvalue weighted by Gasteiger charge is 2.47. The number of hydroxylamine groups is 2. The molecule has 0 aromatic heterocycles. The second-order valence-corrected chi connectivity index (χ2v) is 9.18. The van der Waals surface area contributed by atoms with E-state index in [2.05, 4.69) is 6.92 Å². The summed E-state index contributed by atoms with van der Waals surface area (Å²) >= 11 is 2.00. The Kier molecular flexibility index (Phi) is 11.1. The van der Waals surface area contributed by atoms with Crippen LogP contribution in [0.4, 0.5) is 0 Å². The largest absolute Gasteiger partial charge is 0.381 e. The molecule has 2 aliphatic rings. The van der Waals surface area contributed by atoms with E-state index in [4.69, 9.17) is 14.7 Å². The monoisotopic (exact) mass is 401 g/mol. The van der Waals surface area contributed by atoms with Crippen LogP contribution < -0.4 is 0 Å². The molecule has 158 valence electrons. The quantitative estimate of drug-likeness (QED) is 0.248. The maximum Gasteiger partial charge on any atom is 0.245 e. The fraction of sp³-hybridized carbons (Fsp3) is 0.952. The molecule has 0 aromatic carbocycles. The summed E-state index contributed by atoms with van der Waals surface area (Å²) in [5.41, 5.74) is 0. The van der Waals surface area contributed by atoms with Crippen molar-refractivity contribution in [1.29, 1.82) is 0 Å². The van der Waals surface area contributed by atoms with Crippen LogP contribution in [0.1, 0.15) is 71.1 Å². The highest BCUT2D eigenvalue weighted by molar-refractivity contribution is 7.99. The number of ether oxygens (including phenoxy) is 2. The topological polar surface area (TPSA) is 59.0 Å². The van der Waals surface area contributed by atoms with Gasteiger partial charge in [0.15, 0.2) is 0 Å². The van der Waals surface area contributed by atoms with Crippen LogP contribution in [0.3, 0.4) is 0 Å². The third-order valence-electron chi connectivity index (χ3n) is 5.93. The summed E-state index contributed by atoms with van der Waals surface area (Å²) in [6.45, 7) is 4.02. The van der Waals surface area contributed by atoms with Crippen LogP contribution in [-0.2, 0) is 14.3 Å². The van der Waals surface area contributed by atoms with Gasteiger partial charge in [-0.15, -0.1) is 0 Å². The van der Waals surface area contributed by atoms with E-state index >= 15 is 0 Å². The van der Waals surface area contributed by atoms with Crippen molar-refractivity contribution in [2.24, 2.45) is 11.8 Å². The van der Waals surface area contributed by atoms with Gasteiger partial charge in [0.2, 0.25) is 5.91 Å². The second kappa shape index (κ2) is 13.0. The molecule has 0 aliphatic carbocycles. The number of nitrogens with zero attached hydrogens (tertiary/aromatic N) is 1. The van der Waals surface area contributed by atoms with Crippen molar-refractivity contribution in [3.8, 4) is 0 Å². The van der Waals surface area contributed by atoms with Gasteiger partial charge in [0, 0.05) is 26.7 Å². The van der Waals surface area contributed by atoms with E-state index < -0.39 is 0 Å². The molecule has 2 fully saturated rings. The minimum absolute atomic E-state index is 0.198. The molecule has 2 saturated heterocycles. The molecular formula is C21H39NO4S. The van der Waals surface area contributed by atoms with Crippen molar-refractivity contribution in [2.45, 2.75) is 83.3 Å².